The van der Waals surface area contributed by atoms with Crippen molar-refractivity contribution in [3.63, 3.8) is 0 Å². The zero-order valence-electron chi connectivity index (χ0n) is 8.91. The number of rotatable bonds is 5. The molecule has 2 atom stereocenters. The van der Waals surface area contributed by atoms with Crippen LogP contribution in [-0.2, 0) is 0 Å². The highest BCUT2D eigenvalue weighted by Gasteiger charge is 2.16. The Hall–Kier alpha value is -0.120. The highest BCUT2D eigenvalue weighted by molar-refractivity contribution is 4.72. The molecule has 0 amide bonds. The maximum absolute atomic E-state index is 9.44. The monoisotopic (exact) mass is 174 g/mol. The summed E-state index contributed by atoms with van der Waals surface area (Å²) in [6.07, 6.45) is 0.762. The fourth-order valence-corrected chi connectivity index (χ4v) is 1.32. The summed E-state index contributed by atoms with van der Waals surface area (Å²) in [6.45, 7) is 2.87. The van der Waals surface area contributed by atoms with Gasteiger partial charge in [-0.3, -0.25) is 0 Å². The van der Waals surface area contributed by atoms with Crippen LogP contribution in [0.1, 0.15) is 13.3 Å². The Morgan fingerprint density at radius 1 is 1.17 bits per heavy atom. The fraction of sp³-hybridized carbons (Fsp3) is 1.00. The lowest BCUT2D eigenvalue weighted by Crippen LogP contribution is -2.39. The van der Waals surface area contributed by atoms with Gasteiger partial charge in [0.2, 0.25) is 0 Å². The molecule has 0 heterocycles. The molecule has 0 spiro atoms. The highest BCUT2D eigenvalue weighted by atomic mass is 16.3. The average molecular weight is 174 g/mol. The average Bonchev–Trinajstić information content (AvgIpc) is 1.84. The van der Waals surface area contributed by atoms with Crippen LogP contribution in [0.3, 0.4) is 0 Å². The molecule has 74 valence electrons. The Bertz CT molecular complexity index is 105. The van der Waals surface area contributed by atoms with Gasteiger partial charge in [0.1, 0.15) is 0 Å². The molecule has 3 heteroatoms. The Morgan fingerprint density at radius 3 is 1.92 bits per heavy atom. The number of nitrogens with zero attached hydrogens (tertiary/aromatic N) is 2. The molecule has 3 nitrogen and oxygen atoms in total. The first-order valence-corrected chi connectivity index (χ1v) is 4.44. The van der Waals surface area contributed by atoms with E-state index in [0.717, 1.165) is 13.0 Å². The predicted molar refractivity (Wildman–Crippen MR) is 52.3 cm³/mol. The van der Waals surface area contributed by atoms with E-state index in [2.05, 4.69) is 23.9 Å². The molecule has 0 saturated heterocycles. The van der Waals surface area contributed by atoms with Gasteiger partial charge in [0.25, 0.3) is 0 Å². The molecule has 0 aliphatic carbocycles. The molecular formula is C9H22N2O. The molecule has 0 aromatic rings. The lowest BCUT2D eigenvalue weighted by molar-refractivity contribution is 0.0805. The summed E-state index contributed by atoms with van der Waals surface area (Å²) in [5.41, 5.74) is 0. The van der Waals surface area contributed by atoms with E-state index in [-0.39, 0.29) is 12.1 Å². The summed E-state index contributed by atoms with van der Waals surface area (Å²) in [4.78, 5) is 4.22. The summed E-state index contributed by atoms with van der Waals surface area (Å²) in [6, 6.07) is 0.271. The van der Waals surface area contributed by atoms with Crippen LogP contribution in [-0.4, -0.2) is 61.8 Å². The van der Waals surface area contributed by atoms with Gasteiger partial charge in [-0.25, -0.2) is 0 Å². The molecule has 0 aromatic carbocycles. The van der Waals surface area contributed by atoms with Gasteiger partial charge in [-0.05, 0) is 48.1 Å². The summed E-state index contributed by atoms with van der Waals surface area (Å²) >= 11 is 0. The van der Waals surface area contributed by atoms with Crippen molar-refractivity contribution in [2.24, 2.45) is 0 Å². The minimum atomic E-state index is -0.250. The highest BCUT2D eigenvalue weighted by Crippen LogP contribution is 2.05. The topological polar surface area (TPSA) is 26.7 Å². The van der Waals surface area contributed by atoms with Crippen molar-refractivity contribution in [3.8, 4) is 0 Å². The molecule has 12 heavy (non-hydrogen) atoms. The third-order valence-electron chi connectivity index (χ3n) is 2.09. The molecule has 2 unspecified atom stereocenters. The Labute approximate surface area is 76.0 Å². The SMILES string of the molecule is CC(O)C(CCN(C)C)N(C)C. The van der Waals surface area contributed by atoms with E-state index in [4.69, 9.17) is 0 Å². The van der Waals surface area contributed by atoms with Gasteiger partial charge in [-0.2, -0.15) is 0 Å². The maximum Gasteiger partial charge on any atom is 0.0667 e. The number of hydrogen-bond acceptors (Lipinski definition) is 3. The molecule has 0 bridgehead atoms. The summed E-state index contributed by atoms with van der Waals surface area (Å²) < 4.78 is 0. The third-order valence-corrected chi connectivity index (χ3v) is 2.09. The van der Waals surface area contributed by atoms with E-state index >= 15 is 0 Å². The van der Waals surface area contributed by atoms with Crippen molar-refractivity contribution in [2.75, 3.05) is 34.7 Å². The smallest absolute Gasteiger partial charge is 0.0667 e. The first kappa shape index (κ1) is 11.9. The van der Waals surface area contributed by atoms with Crippen LogP contribution in [0.4, 0.5) is 0 Å². The molecule has 0 radical (unpaired) electrons. The van der Waals surface area contributed by atoms with E-state index < -0.39 is 0 Å². The standard InChI is InChI=1S/C9H22N2O/c1-8(12)9(11(4)5)6-7-10(2)3/h8-9,12H,6-7H2,1-5H3. The Kier molecular flexibility index (Phi) is 5.46. The van der Waals surface area contributed by atoms with Crippen molar-refractivity contribution in [1.82, 2.24) is 9.80 Å². The minimum absolute atomic E-state index is 0.250. The minimum Gasteiger partial charge on any atom is -0.392 e. The van der Waals surface area contributed by atoms with Crippen molar-refractivity contribution in [1.29, 1.82) is 0 Å². The molecular weight excluding hydrogens is 152 g/mol. The van der Waals surface area contributed by atoms with Crippen LogP contribution in [0.15, 0.2) is 0 Å². The van der Waals surface area contributed by atoms with Crippen LogP contribution in [0.25, 0.3) is 0 Å². The van der Waals surface area contributed by atoms with E-state index in [1.807, 2.05) is 21.0 Å². The molecule has 0 aliphatic rings. The molecule has 1 N–H and O–H groups in total. The number of hydrogen-bond donors (Lipinski definition) is 1. The van der Waals surface area contributed by atoms with Crippen LogP contribution < -0.4 is 0 Å². The van der Waals surface area contributed by atoms with Gasteiger partial charge in [0, 0.05) is 6.04 Å². The van der Waals surface area contributed by atoms with Crippen molar-refractivity contribution >= 4 is 0 Å². The van der Waals surface area contributed by atoms with Crippen LogP contribution >= 0.6 is 0 Å². The van der Waals surface area contributed by atoms with Gasteiger partial charge in [0.15, 0.2) is 0 Å². The quantitative estimate of drug-likeness (QED) is 0.647. The number of aliphatic hydroxyl groups is 1. The van der Waals surface area contributed by atoms with E-state index in [0.29, 0.717) is 0 Å². The van der Waals surface area contributed by atoms with Gasteiger partial charge in [-0.15, -0.1) is 0 Å². The van der Waals surface area contributed by atoms with Gasteiger partial charge >= 0.3 is 0 Å². The van der Waals surface area contributed by atoms with Crippen LogP contribution in [0, 0.1) is 0 Å². The second-order valence-corrected chi connectivity index (χ2v) is 3.86. The predicted octanol–water partition coefficient (Wildman–Crippen LogP) is 0.249. The lowest BCUT2D eigenvalue weighted by Gasteiger charge is -2.27. The van der Waals surface area contributed by atoms with Crippen molar-refractivity contribution in [2.45, 2.75) is 25.5 Å². The normalized spacial score (nSPS) is 17.0. The van der Waals surface area contributed by atoms with E-state index in [9.17, 15) is 5.11 Å². The summed E-state index contributed by atoms with van der Waals surface area (Å²) in [7, 11) is 8.11. The van der Waals surface area contributed by atoms with Gasteiger partial charge in [0.05, 0.1) is 6.10 Å². The first-order valence-electron chi connectivity index (χ1n) is 4.44. The number of aliphatic hydroxyl groups excluding tert-OH is 1. The van der Waals surface area contributed by atoms with Crippen LogP contribution in [0.2, 0.25) is 0 Å². The first-order chi connectivity index (χ1) is 5.45. The van der Waals surface area contributed by atoms with E-state index in [1.165, 1.54) is 0 Å². The Morgan fingerprint density at radius 2 is 1.67 bits per heavy atom. The third kappa shape index (κ3) is 4.70. The molecule has 0 rings (SSSR count). The van der Waals surface area contributed by atoms with Gasteiger partial charge < -0.3 is 14.9 Å². The maximum atomic E-state index is 9.44. The summed E-state index contributed by atoms with van der Waals surface area (Å²) in [5, 5.41) is 9.44. The lowest BCUT2D eigenvalue weighted by atomic mass is 10.1. The van der Waals surface area contributed by atoms with Crippen molar-refractivity contribution < 1.29 is 5.11 Å². The van der Waals surface area contributed by atoms with Crippen molar-refractivity contribution in [3.05, 3.63) is 0 Å². The fourth-order valence-electron chi connectivity index (χ4n) is 1.32. The zero-order valence-corrected chi connectivity index (χ0v) is 8.91. The Balaban J connectivity index is 3.80. The second-order valence-electron chi connectivity index (χ2n) is 3.86. The number of likely N-dealkylation sites (N-methyl/N-ethyl adjacent to an activating group) is 1. The second kappa shape index (κ2) is 5.51. The molecule has 0 fully saturated rings. The molecule has 0 aliphatic heterocycles. The molecule has 0 aromatic heterocycles. The van der Waals surface area contributed by atoms with E-state index in [1.54, 1.807) is 0 Å². The van der Waals surface area contributed by atoms with Gasteiger partial charge in [-0.1, -0.05) is 0 Å². The van der Waals surface area contributed by atoms with Crippen LogP contribution in [0.5, 0.6) is 0 Å². The zero-order chi connectivity index (χ0) is 9.72. The summed E-state index contributed by atoms with van der Waals surface area (Å²) in [5.74, 6) is 0. The molecule has 0 saturated carbocycles. The largest absolute Gasteiger partial charge is 0.392 e.